The monoisotopic (exact) mass is 295 g/mol. The molecular weight excluding hydrogens is 278 g/mol. The predicted octanol–water partition coefficient (Wildman–Crippen LogP) is 0.673. The van der Waals surface area contributed by atoms with E-state index in [1.54, 1.807) is 17.0 Å². The largest absolute Gasteiger partial charge is 0.341 e. The van der Waals surface area contributed by atoms with Crippen molar-refractivity contribution in [3.8, 4) is 0 Å². The molecule has 0 unspecified atom stereocenters. The van der Waals surface area contributed by atoms with Crippen LogP contribution in [0.4, 0.5) is 0 Å². The van der Waals surface area contributed by atoms with Crippen LogP contribution in [0.2, 0.25) is 0 Å². The van der Waals surface area contributed by atoms with Gasteiger partial charge in [-0.3, -0.25) is 4.79 Å². The zero-order chi connectivity index (χ0) is 14.8. The first-order valence-electron chi connectivity index (χ1n) is 6.34. The number of nitrogens with zero attached hydrogens (tertiary/aromatic N) is 3. The van der Waals surface area contributed by atoms with Gasteiger partial charge in [-0.2, -0.15) is 0 Å². The van der Waals surface area contributed by atoms with Crippen molar-refractivity contribution in [2.45, 2.75) is 23.8 Å². The van der Waals surface area contributed by atoms with Gasteiger partial charge in [0.25, 0.3) is 0 Å². The topological polar surface area (TPSA) is 80.2 Å². The molecule has 0 N–H and O–H groups in total. The number of likely N-dealkylation sites (tertiary alicyclic amines) is 1. The van der Waals surface area contributed by atoms with Crippen LogP contribution in [0.3, 0.4) is 0 Å². The number of allylic oxidation sites excluding steroid dienone is 1. The van der Waals surface area contributed by atoms with Gasteiger partial charge in [0.2, 0.25) is 20.9 Å². The van der Waals surface area contributed by atoms with Crippen molar-refractivity contribution in [1.82, 2.24) is 14.9 Å². The first-order chi connectivity index (χ1) is 9.46. The lowest BCUT2D eigenvalue weighted by Gasteiger charge is -2.15. The molecule has 7 heteroatoms. The van der Waals surface area contributed by atoms with E-state index in [1.807, 2.05) is 0 Å². The molecule has 0 aliphatic carbocycles. The standard InChI is InChI=1S/C13H17N3O3S/c1-3-5-11-8-16(10(2)17)9-12(11)20(18,19)13-14-6-4-7-15-13/h3-4,6-7,11-12H,1,5,8-9H2,2H3/t11-,12-/m0/s1. The summed E-state index contributed by atoms with van der Waals surface area (Å²) in [6.07, 6.45) is 5.03. The van der Waals surface area contributed by atoms with E-state index in [0.717, 1.165) is 0 Å². The lowest BCUT2D eigenvalue weighted by atomic mass is 10.1. The second-order valence-corrected chi connectivity index (χ2v) is 6.88. The first-order valence-corrected chi connectivity index (χ1v) is 7.88. The Bertz CT molecular complexity index is 601. The highest BCUT2D eigenvalue weighted by Gasteiger charge is 2.43. The van der Waals surface area contributed by atoms with E-state index in [4.69, 9.17) is 0 Å². The van der Waals surface area contributed by atoms with Gasteiger partial charge in [0, 0.05) is 32.4 Å². The number of amides is 1. The minimum Gasteiger partial charge on any atom is -0.341 e. The van der Waals surface area contributed by atoms with Crippen molar-refractivity contribution < 1.29 is 13.2 Å². The van der Waals surface area contributed by atoms with Crippen molar-refractivity contribution in [2.75, 3.05) is 13.1 Å². The number of hydrogen-bond donors (Lipinski definition) is 0. The summed E-state index contributed by atoms with van der Waals surface area (Å²) in [7, 11) is -3.64. The Kier molecular flexibility index (Phi) is 4.17. The lowest BCUT2D eigenvalue weighted by Crippen LogP contribution is -2.32. The highest BCUT2D eigenvalue weighted by molar-refractivity contribution is 7.91. The summed E-state index contributed by atoms with van der Waals surface area (Å²) in [6, 6.07) is 1.57. The molecule has 0 saturated carbocycles. The molecule has 0 aromatic carbocycles. The number of carbonyl (C=O) groups is 1. The molecule has 1 saturated heterocycles. The maximum atomic E-state index is 12.6. The van der Waals surface area contributed by atoms with Crippen LogP contribution in [0, 0.1) is 5.92 Å². The van der Waals surface area contributed by atoms with Gasteiger partial charge >= 0.3 is 0 Å². The zero-order valence-electron chi connectivity index (χ0n) is 11.3. The van der Waals surface area contributed by atoms with Crippen LogP contribution in [0.15, 0.2) is 36.3 Å². The molecule has 1 aromatic rings. The van der Waals surface area contributed by atoms with Crippen LogP contribution in [0.1, 0.15) is 13.3 Å². The average Bonchev–Trinajstić information content (AvgIpc) is 2.85. The van der Waals surface area contributed by atoms with Gasteiger partial charge in [0.15, 0.2) is 0 Å². The third-order valence-electron chi connectivity index (χ3n) is 3.49. The number of carbonyl (C=O) groups excluding carboxylic acids is 1. The molecule has 6 nitrogen and oxygen atoms in total. The minimum absolute atomic E-state index is 0.120. The summed E-state index contributed by atoms with van der Waals surface area (Å²) in [5.74, 6) is -0.282. The Balaban J connectivity index is 2.33. The summed E-state index contributed by atoms with van der Waals surface area (Å²) in [6.45, 7) is 5.71. The Morgan fingerprint density at radius 1 is 1.45 bits per heavy atom. The summed E-state index contributed by atoms with van der Waals surface area (Å²) in [4.78, 5) is 20.7. The maximum Gasteiger partial charge on any atom is 0.247 e. The van der Waals surface area contributed by atoms with Gasteiger partial charge < -0.3 is 4.90 Å². The SMILES string of the molecule is C=CC[C@H]1CN(C(C)=O)C[C@@H]1S(=O)(=O)c1ncccn1. The van der Waals surface area contributed by atoms with E-state index < -0.39 is 15.1 Å². The molecule has 0 bridgehead atoms. The predicted molar refractivity (Wildman–Crippen MR) is 73.6 cm³/mol. The Hall–Kier alpha value is -1.76. The van der Waals surface area contributed by atoms with E-state index in [0.29, 0.717) is 13.0 Å². The molecule has 2 atom stereocenters. The molecule has 1 aromatic heterocycles. The number of rotatable bonds is 4. The second-order valence-electron chi connectivity index (χ2n) is 4.82. The summed E-state index contributed by atoms with van der Waals surface area (Å²) in [5, 5.41) is -0.851. The third-order valence-corrected chi connectivity index (χ3v) is 5.54. The van der Waals surface area contributed by atoms with Crippen LogP contribution in [0.5, 0.6) is 0 Å². The zero-order valence-corrected chi connectivity index (χ0v) is 12.1. The van der Waals surface area contributed by atoms with Crippen molar-refractivity contribution in [3.05, 3.63) is 31.1 Å². The van der Waals surface area contributed by atoms with E-state index in [1.165, 1.54) is 19.3 Å². The van der Waals surface area contributed by atoms with Crippen LogP contribution < -0.4 is 0 Å². The van der Waals surface area contributed by atoms with Crippen LogP contribution in [-0.2, 0) is 14.6 Å². The van der Waals surface area contributed by atoms with Crippen molar-refractivity contribution in [2.24, 2.45) is 5.92 Å². The highest BCUT2D eigenvalue weighted by atomic mass is 32.2. The van der Waals surface area contributed by atoms with Gasteiger partial charge in [-0.25, -0.2) is 18.4 Å². The Labute approximate surface area is 118 Å². The normalized spacial score (nSPS) is 22.8. The van der Waals surface area contributed by atoms with Gasteiger partial charge in [-0.1, -0.05) is 6.08 Å². The second kappa shape index (κ2) is 5.70. The molecule has 0 radical (unpaired) electrons. The lowest BCUT2D eigenvalue weighted by molar-refractivity contribution is -0.127. The highest BCUT2D eigenvalue weighted by Crippen LogP contribution is 2.29. The van der Waals surface area contributed by atoms with E-state index in [9.17, 15) is 13.2 Å². The quantitative estimate of drug-likeness (QED) is 0.602. The van der Waals surface area contributed by atoms with Crippen molar-refractivity contribution in [1.29, 1.82) is 0 Å². The fourth-order valence-corrected chi connectivity index (χ4v) is 4.22. The Morgan fingerprint density at radius 2 is 2.10 bits per heavy atom. The molecule has 1 fully saturated rings. The third kappa shape index (κ3) is 2.72. The molecule has 2 heterocycles. The maximum absolute atomic E-state index is 12.6. The molecular formula is C13H17N3O3S. The van der Waals surface area contributed by atoms with E-state index >= 15 is 0 Å². The summed E-state index contributed by atoms with van der Waals surface area (Å²) in [5.41, 5.74) is 0. The minimum atomic E-state index is -3.64. The molecule has 1 aliphatic heterocycles. The van der Waals surface area contributed by atoms with Crippen LogP contribution in [0.25, 0.3) is 0 Å². The number of aromatic nitrogens is 2. The van der Waals surface area contributed by atoms with Crippen molar-refractivity contribution in [3.63, 3.8) is 0 Å². The Morgan fingerprint density at radius 3 is 2.65 bits per heavy atom. The van der Waals surface area contributed by atoms with Crippen LogP contribution in [-0.4, -0.2) is 47.5 Å². The molecule has 0 spiro atoms. The van der Waals surface area contributed by atoms with E-state index in [2.05, 4.69) is 16.5 Å². The molecule has 2 rings (SSSR count). The average molecular weight is 295 g/mol. The fraction of sp³-hybridized carbons (Fsp3) is 0.462. The summed E-state index contributed by atoms with van der Waals surface area (Å²) >= 11 is 0. The summed E-state index contributed by atoms with van der Waals surface area (Å²) < 4.78 is 25.2. The van der Waals surface area contributed by atoms with E-state index in [-0.39, 0.29) is 23.5 Å². The number of hydrogen-bond acceptors (Lipinski definition) is 5. The van der Waals surface area contributed by atoms with Gasteiger partial charge in [0.1, 0.15) is 0 Å². The van der Waals surface area contributed by atoms with Gasteiger partial charge in [-0.15, -0.1) is 6.58 Å². The molecule has 1 aliphatic rings. The fourth-order valence-electron chi connectivity index (χ4n) is 2.46. The number of sulfone groups is 1. The smallest absolute Gasteiger partial charge is 0.247 e. The van der Waals surface area contributed by atoms with Crippen LogP contribution >= 0.6 is 0 Å². The van der Waals surface area contributed by atoms with Gasteiger partial charge in [-0.05, 0) is 18.4 Å². The molecule has 1 amide bonds. The van der Waals surface area contributed by atoms with Crippen molar-refractivity contribution >= 4 is 15.7 Å². The first kappa shape index (κ1) is 14.6. The van der Waals surface area contributed by atoms with Gasteiger partial charge in [0.05, 0.1) is 5.25 Å². The molecule has 20 heavy (non-hydrogen) atoms. The molecule has 108 valence electrons.